The van der Waals surface area contributed by atoms with Crippen LogP contribution in [0.4, 0.5) is 4.39 Å². The number of nitrogens with one attached hydrogen (secondary N) is 1. The SMILES string of the molecule is Cc1cc(F)cc(C(=O)NCCn2cnc(C(=O)O)c2)c1. The van der Waals surface area contributed by atoms with Crippen molar-refractivity contribution in [1.82, 2.24) is 14.9 Å². The van der Waals surface area contributed by atoms with Crippen LogP contribution in [0.1, 0.15) is 26.4 Å². The minimum absolute atomic E-state index is 0.0536. The molecular weight excluding hydrogens is 277 g/mol. The number of benzene rings is 1. The Hall–Kier alpha value is -2.70. The van der Waals surface area contributed by atoms with E-state index in [4.69, 9.17) is 5.11 Å². The van der Waals surface area contributed by atoms with Gasteiger partial charge in [-0.1, -0.05) is 0 Å². The molecule has 1 aromatic carbocycles. The van der Waals surface area contributed by atoms with Gasteiger partial charge in [0.1, 0.15) is 5.82 Å². The minimum Gasteiger partial charge on any atom is -0.476 e. The zero-order valence-corrected chi connectivity index (χ0v) is 11.3. The Bertz CT molecular complexity index is 662. The number of aromatic carboxylic acids is 1. The first kappa shape index (κ1) is 14.7. The lowest BCUT2D eigenvalue weighted by molar-refractivity contribution is 0.0690. The van der Waals surface area contributed by atoms with Crippen LogP contribution in [0, 0.1) is 12.7 Å². The number of amides is 1. The highest BCUT2D eigenvalue weighted by Gasteiger charge is 2.09. The fourth-order valence-corrected chi connectivity index (χ4v) is 1.86. The number of imidazole rings is 1. The summed E-state index contributed by atoms with van der Waals surface area (Å²) in [5, 5.41) is 11.4. The fraction of sp³-hybridized carbons (Fsp3) is 0.214. The van der Waals surface area contributed by atoms with Crippen molar-refractivity contribution in [2.75, 3.05) is 6.54 Å². The number of hydrogen-bond acceptors (Lipinski definition) is 3. The summed E-state index contributed by atoms with van der Waals surface area (Å²) in [5.74, 6) is -1.94. The molecule has 7 heteroatoms. The highest BCUT2D eigenvalue weighted by atomic mass is 19.1. The smallest absolute Gasteiger partial charge is 0.356 e. The summed E-state index contributed by atoms with van der Waals surface area (Å²) < 4.78 is 14.8. The van der Waals surface area contributed by atoms with Crippen LogP contribution in [0.15, 0.2) is 30.7 Å². The number of nitrogens with zero attached hydrogens (tertiary/aromatic N) is 2. The van der Waals surface area contributed by atoms with E-state index < -0.39 is 11.8 Å². The van der Waals surface area contributed by atoms with Gasteiger partial charge < -0.3 is 15.0 Å². The second kappa shape index (κ2) is 6.17. The third-order valence-electron chi connectivity index (χ3n) is 2.81. The lowest BCUT2D eigenvalue weighted by Crippen LogP contribution is -2.27. The maximum absolute atomic E-state index is 13.2. The quantitative estimate of drug-likeness (QED) is 0.873. The van der Waals surface area contributed by atoms with Gasteiger partial charge in [0.25, 0.3) is 5.91 Å². The predicted octanol–water partition coefficient (Wildman–Crippen LogP) is 1.46. The first-order valence-corrected chi connectivity index (χ1v) is 6.26. The molecule has 0 saturated heterocycles. The summed E-state index contributed by atoms with van der Waals surface area (Å²) in [4.78, 5) is 26.2. The van der Waals surface area contributed by atoms with Crippen LogP contribution in [0.3, 0.4) is 0 Å². The van der Waals surface area contributed by atoms with Crippen LogP contribution in [0.25, 0.3) is 0 Å². The fourth-order valence-electron chi connectivity index (χ4n) is 1.86. The molecule has 2 N–H and O–H groups in total. The Labute approximate surface area is 120 Å². The Kier molecular flexibility index (Phi) is 4.32. The molecule has 0 unspecified atom stereocenters. The van der Waals surface area contributed by atoms with E-state index in [9.17, 15) is 14.0 Å². The predicted molar refractivity (Wildman–Crippen MR) is 72.7 cm³/mol. The van der Waals surface area contributed by atoms with E-state index in [0.717, 1.165) is 0 Å². The number of rotatable bonds is 5. The Morgan fingerprint density at radius 1 is 1.38 bits per heavy atom. The van der Waals surface area contributed by atoms with E-state index in [1.807, 2.05) is 0 Å². The average Bonchev–Trinajstić information content (AvgIpc) is 2.86. The number of carboxylic acid groups (broad SMARTS) is 1. The lowest BCUT2D eigenvalue weighted by atomic mass is 10.1. The van der Waals surface area contributed by atoms with E-state index in [0.29, 0.717) is 12.1 Å². The molecule has 1 heterocycles. The summed E-state index contributed by atoms with van der Waals surface area (Å²) in [6.07, 6.45) is 2.75. The van der Waals surface area contributed by atoms with Gasteiger partial charge in [0.05, 0.1) is 6.33 Å². The average molecular weight is 291 g/mol. The number of carboxylic acids is 1. The summed E-state index contributed by atoms with van der Waals surface area (Å²) in [7, 11) is 0. The van der Waals surface area contributed by atoms with Crippen molar-refractivity contribution < 1.29 is 19.1 Å². The maximum atomic E-state index is 13.2. The monoisotopic (exact) mass is 291 g/mol. The number of halogens is 1. The standard InChI is InChI=1S/C14H14FN3O3/c1-9-4-10(6-11(15)5-9)13(19)16-2-3-18-7-12(14(20)21)17-8-18/h4-8H,2-3H2,1H3,(H,16,19)(H,20,21). The normalized spacial score (nSPS) is 10.4. The van der Waals surface area contributed by atoms with Crippen LogP contribution < -0.4 is 5.32 Å². The second-order valence-corrected chi connectivity index (χ2v) is 4.58. The summed E-state index contributed by atoms with van der Waals surface area (Å²) in [6, 6.07) is 4.11. The van der Waals surface area contributed by atoms with Crippen molar-refractivity contribution in [2.24, 2.45) is 0 Å². The molecule has 1 amide bonds. The Morgan fingerprint density at radius 2 is 2.14 bits per heavy atom. The summed E-state index contributed by atoms with van der Waals surface area (Å²) in [6.45, 7) is 2.36. The van der Waals surface area contributed by atoms with Gasteiger partial charge in [-0.25, -0.2) is 14.2 Å². The zero-order valence-electron chi connectivity index (χ0n) is 11.3. The first-order valence-electron chi connectivity index (χ1n) is 6.26. The van der Waals surface area contributed by atoms with Gasteiger partial charge in [-0.2, -0.15) is 0 Å². The minimum atomic E-state index is -1.10. The second-order valence-electron chi connectivity index (χ2n) is 4.58. The van der Waals surface area contributed by atoms with Crippen LogP contribution in [-0.2, 0) is 6.54 Å². The van der Waals surface area contributed by atoms with Crippen LogP contribution >= 0.6 is 0 Å². The van der Waals surface area contributed by atoms with Crippen molar-refractivity contribution in [1.29, 1.82) is 0 Å². The van der Waals surface area contributed by atoms with E-state index in [-0.39, 0.29) is 23.7 Å². The van der Waals surface area contributed by atoms with Crippen molar-refractivity contribution in [3.05, 3.63) is 53.4 Å². The molecule has 21 heavy (non-hydrogen) atoms. The third-order valence-corrected chi connectivity index (χ3v) is 2.81. The van der Waals surface area contributed by atoms with E-state index in [1.54, 1.807) is 17.6 Å². The maximum Gasteiger partial charge on any atom is 0.356 e. The van der Waals surface area contributed by atoms with Gasteiger partial charge in [0, 0.05) is 24.8 Å². The number of aromatic nitrogens is 2. The highest BCUT2D eigenvalue weighted by Crippen LogP contribution is 2.08. The Morgan fingerprint density at radius 3 is 2.76 bits per heavy atom. The number of carbonyl (C=O) groups is 2. The van der Waals surface area contributed by atoms with Gasteiger partial charge in [-0.05, 0) is 30.7 Å². The van der Waals surface area contributed by atoms with Crippen molar-refractivity contribution in [3.8, 4) is 0 Å². The van der Waals surface area contributed by atoms with E-state index in [1.165, 1.54) is 24.7 Å². The summed E-state index contributed by atoms with van der Waals surface area (Å²) in [5.41, 5.74) is 0.868. The molecule has 110 valence electrons. The molecule has 0 atom stereocenters. The molecule has 6 nitrogen and oxygen atoms in total. The molecule has 0 aliphatic rings. The summed E-state index contributed by atoms with van der Waals surface area (Å²) >= 11 is 0. The molecule has 0 spiro atoms. The highest BCUT2D eigenvalue weighted by molar-refractivity contribution is 5.94. The Balaban J connectivity index is 1.90. The molecule has 2 aromatic rings. The molecule has 1 aromatic heterocycles. The molecule has 0 bridgehead atoms. The lowest BCUT2D eigenvalue weighted by Gasteiger charge is -2.06. The molecule has 0 aliphatic carbocycles. The van der Waals surface area contributed by atoms with Crippen molar-refractivity contribution in [2.45, 2.75) is 13.5 Å². The molecule has 0 radical (unpaired) electrons. The molecule has 0 saturated carbocycles. The van der Waals surface area contributed by atoms with Crippen LogP contribution in [0.2, 0.25) is 0 Å². The van der Waals surface area contributed by atoms with Crippen LogP contribution in [-0.4, -0.2) is 33.1 Å². The van der Waals surface area contributed by atoms with E-state index in [2.05, 4.69) is 10.3 Å². The van der Waals surface area contributed by atoms with Gasteiger partial charge in [-0.3, -0.25) is 4.79 Å². The zero-order chi connectivity index (χ0) is 15.4. The largest absolute Gasteiger partial charge is 0.476 e. The van der Waals surface area contributed by atoms with Crippen LogP contribution in [0.5, 0.6) is 0 Å². The van der Waals surface area contributed by atoms with Crippen molar-refractivity contribution >= 4 is 11.9 Å². The molecule has 2 rings (SSSR count). The van der Waals surface area contributed by atoms with Crippen molar-refractivity contribution in [3.63, 3.8) is 0 Å². The van der Waals surface area contributed by atoms with Gasteiger partial charge in [-0.15, -0.1) is 0 Å². The van der Waals surface area contributed by atoms with E-state index >= 15 is 0 Å². The van der Waals surface area contributed by atoms with Gasteiger partial charge in [0.2, 0.25) is 0 Å². The molecular formula is C14H14FN3O3. The number of aryl methyl sites for hydroxylation is 1. The molecule has 0 fully saturated rings. The van der Waals surface area contributed by atoms with Gasteiger partial charge in [0.15, 0.2) is 5.69 Å². The molecule has 0 aliphatic heterocycles. The number of hydrogen-bond donors (Lipinski definition) is 2. The first-order chi connectivity index (χ1) is 9.95. The van der Waals surface area contributed by atoms with Gasteiger partial charge >= 0.3 is 5.97 Å². The number of carbonyl (C=O) groups excluding carboxylic acids is 1. The topological polar surface area (TPSA) is 84.2 Å². The third kappa shape index (κ3) is 3.88.